The van der Waals surface area contributed by atoms with E-state index in [-0.39, 0.29) is 30.1 Å². The van der Waals surface area contributed by atoms with E-state index in [0.29, 0.717) is 24.6 Å². The highest BCUT2D eigenvalue weighted by atomic mass is 16.2. The van der Waals surface area contributed by atoms with Crippen LogP contribution in [-0.2, 0) is 16.0 Å². The minimum Gasteiger partial charge on any atom is -0.350 e. The number of benzene rings is 1. The molecule has 2 heterocycles. The van der Waals surface area contributed by atoms with Crippen molar-refractivity contribution in [2.75, 3.05) is 13.1 Å². The Kier molecular flexibility index (Phi) is 4.71. The molecule has 23 heavy (non-hydrogen) atoms. The SMILES string of the molecule is O=C1CC(Cc2ccc(C(=O)NCC3CCCN3)cc2)C(=O)N1. The molecule has 0 saturated carbocycles. The van der Waals surface area contributed by atoms with Gasteiger partial charge in [-0.25, -0.2) is 0 Å². The van der Waals surface area contributed by atoms with E-state index in [1.54, 1.807) is 12.1 Å². The van der Waals surface area contributed by atoms with Gasteiger partial charge in [-0.3, -0.25) is 19.7 Å². The van der Waals surface area contributed by atoms with Crippen molar-refractivity contribution in [2.45, 2.75) is 31.7 Å². The van der Waals surface area contributed by atoms with Crippen LogP contribution >= 0.6 is 0 Å². The molecule has 6 nitrogen and oxygen atoms in total. The molecule has 2 aliphatic heterocycles. The number of hydrogen-bond donors (Lipinski definition) is 3. The number of amides is 3. The fraction of sp³-hybridized carbons (Fsp3) is 0.471. The van der Waals surface area contributed by atoms with Crippen molar-refractivity contribution in [3.05, 3.63) is 35.4 Å². The predicted octanol–water partition coefficient (Wildman–Crippen LogP) is 0.374. The van der Waals surface area contributed by atoms with Crippen molar-refractivity contribution < 1.29 is 14.4 Å². The second kappa shape index (κ2) is 6.91. The summed E-state index contributed by atoms with van der Waals surface area (Å²) in [5.74, 6) is -0.799. The molecule has 0 bridgehead atoms. The molecule has 2 aliphatic rings. The monoisotopic (exact) mass is 315 g/mol. The van der Waals surface area contributed by atoms with Gasteiger partial charge in [0.25, 0.3) is 5.91 Å². The van der Waals surface area contributed by atoms with Crippen molar-refractivity contribution in [3.63, 3.8) is 0 Å². The topological polar surface area (TPSA) is 87.3 Å². The summed E-state index contributed by atoms with van der Waals surface area (Å²) in [6.45, 7) is 1.66. The van der Waals surface area contributed by atoms with Gasteiger partial charge in [-0.15, -0.1) is 0 Å². The van der Waals surface area contributed by atoms with Crippen LogP contribution in [0.5, 0.6) is 0 Å². The molecule has 3 amide bonds. The van der Waals surface area contributed by atoms with Crippen LogP contribution in [0.25, 0.3) is 0 Å². The zero-order valence-electron chi connectivity index (χ0n) is 12.9. The normalized spacial score (nSPS) is 23.8. The molecule has 1 aromatic carbocycles. The maximum Gasteiger partial charge on any atom is 0.251 e. The van der Waals surface area contributed by atoms with Gasteiger partial charge in [0.1, 0.15) is 0 Å². The summed E-state index contributed by atoms with van der Waals surface area (Å²) in [6.07, 6.45) is 3.02. The summed E-state index contributed by atoms with van der Waals surface area (Å²) in [5, 5.41) is 8.59. The maximum absolute atomic E-state index is 12.1. The van der Waals surface area contributed by atoms with E-state index in [0.717, 1.165) is 24.9 Å². The second-order valence-electron chi connectivity index (χ2n) is 6.22. The van der Waals surface area contributed by atoms with Gasteiger partial charge < -0.3 is 10.6 Å². The van der Waals surface area contributed by atoms with Crippen molar-refractivity contribution >= 4 is 17.7 Å². The first kappa shape index (κ1) is 15.7. The molecule has 2 saturated heterocycles. The highest BCUT2D eigenvalue weighted by Crippen LogP contribution is 2.17. The van der Waals surface area contributed by atoms with E-state index in [1.807, 2.05) is 12.1 Å². The Morgan fingerprint density at radius 1 is 1.22 bits per heavy atom. The van der Waals surface area contributed by atoms with Gasteiger partial charge in [-0.2, -0.15) is 0 Å². The summed E-state index contributed by atoms with van der Waals surface area (Å²) in [5.41, 5.74) is 1.56. The standard InChI is InChI=1S/C17H21N3O3/c21-15-9-13(17(23)20-15)8-11-3-5-12(6-4-11)16(22)19-10-14-2-1-7-18-14/h3-6,13-14,18H,1-2,7-10H2,(H,19,22)(H,20,21,23). The molecular formula is C17H21N3O3. The second-order valence-corrected chi connectivity index (χ2v) is 6.22. The Morgan fingerprint density at radius 2 is 2.00 bits per heavy atom. The average molecular weight is 315 g/mol. The molecule has 3 rings (SSSR count). The van der Waals surface area contributed by atoms with Crippen molar-refractivity contribution in [1.29, 1.82) is 0 Å². The van der Waals surface area contributed by atoms with E-state index in [9.17, 15) is 14.4 Å². The van der Waals surface area contributed by atoms with Gasteiger partial charge in [0.05, 0.1) is 5.92 Å². The lowest BCUT2D eigenvalue weighted by Gasteiger charge is -2.12. The van der Waals surface area contributed by atoms with Crippen LogP contribution < -0.4 is 16.0 Å². The molecule has 122 valence electrons. The first-order valence-corrected chi connectivity index (χ1v) is 8.06. The van der Waals surface area contributed by atoms with E-state index in [1.165, 1.54) is 0 Å². The first-order chi connectivity index (χ1) is 11.1. The number of imide groups is 1. The Labute approximate surface area is 135 Å². The van der Waals surface area contributed by atoms with E-state index < -0.39 is 0 Å². The van der Waals surface area contributed by atoms with E-state index in [2.05, 4.69) is 16.0 Å². The Morgan fingerprint density at radius 3 is 2.61 bits per heavy atom. The summed E-state index contributed by atoms with van der Waals surface area (Å²) >= 11 is 0. The van der Waals surface area contributed by atoms with Gasteiger partial charge >= 0.3 is 0 Å². The minimum atomic E-state index is -0.296. The molecule has 0 spiro atoms. The highest BCUT2D eigenvalue weighted by molar-refractivity contribution is 6.03. The maximum atomic E-state index is 12.1. The summed E-state index contributed by atoms with van der Waals surface area (Å²) in [6, 6.07) is 7.59. The van der Waals surface area contributed by atoms with Gasteiger partial charge in [0, 0.05) is 24.6 Å². The third-order valence-corrected chi connectivity index (χ3v) is 4.43. The van der Waals surface area contributed by atoms with Crippen LogP contribution in [0.15, 0.2) is 24.3 Å². The molecule has 0 aromatic heterocycles. The quantitative estimate of drug-likeness (QED) is 0.685. The lowest BCUT2D eigenvalue weighted by Crippen LogP contribution is -2.37. The van der Waals surface area contributed by atoms with Crippen molar-refractivity contribution in [3.8, 4) is 0 Å². The number of nitrogens with one attached hydrogen (secondary N) is 3. The molecule has 2 unspecified atom stereocenters. The molecule has 2 fully saturated rings. The van der Waals surface area contributed by atoms with Crippen molar-refractivity contribution in [2.24, 2.45) is 5.92 Å². The molecule has 2 atom stereocenters. The summed E-state index contributed by atoms with van der Waals surface area (Å²) in [7, 11) is 0. The Balaban J connectivity index is 1.52. The van der Waals surface area contributed by atoms with Gasteiger partial charge in [0.2, 0.25) is 11.8 Å². The van der Waals surface area contributed by atoms with Gasteiger partial charge in [-0.1, -0.05) is 12.1 Å². The van der Waals surface area contributed by atoms with Crippen LogP contribution in [0, 0.1) is 5.92 Å². The molecule has 0 radical (unpaired) electrons. The molecule has 3 N–H and O–H groups in total. The lowest BCUT2D eigenvalue weighted by molar-refractivity contribution is -0.125. The largest absolute Gasteiger partial charge is 0.350 e. The van der Waals surface area contributed by atoms with Crippen LogP contribution in [0.1, 0.15) is 35.2 Å². The smallest absolute Gasteiger partial charge is 0.251 e. The third-order valence-electron chi connectivity index (χ3n) is 4.43. The molecule has 0 aliphatic carbocycles. The third kappa shape index (κ3) is 3.96. The fourth-order valence-electron chi connectivity index (χ4n) is 3.10. The fourth-order valence-corrected chi connectivity index (χ4v) is 3.10. The van der Waals surface area contributed by atoms with Crippen LogP contribution in [0.2, 0.25) is 0 Å². The van der Waals surface area contributed by atoms with Crippen LogP contribution in [0.3, 0.4) is 0 Å². The number of rotatable bonds is 5. The van der Waals surface area contributed by atoms with Crippen LogP contribution in [0.4, 0.5) is 0 Å². The molecular weight excluding hydrogens is 294 g/mol. The number of carbonyl (C=O) groups excluding carboxylic acids is 3. The highest BCUT2D eigenvalue weighted by Gasteiger charge is 2.30. The molecule has 6 heteroatoms. The lowest BCUT2D eigenvalue weighted by atomic mass is 9.97. The average Bonchev–Trinajstić information content (AvgIpc) is 3.16. The zero-order chi connectivity index (χ0) is 16.2. The minimum absolute atomic E-state index is 0.0842. The Hall–Kier alpha value is -2.21. The first-order valence-electron chi connectivity index (χ1n) is 8.06. The van der Waals surface area contributed by atoms with Crippen LogP contribution in [-0.4, -0.2) is 36.9 Å². The van der Waals surface area contributed by atoms with Gasteiger partial charge in [0.15, 0.2) is 0 Å². The number of carbonyl (C=O) groups is 3. The van der Waals surface area contributed by atoms with E-state index in [4.69, 9.17) is 0 Å². The van der Waals surface area contributed by atoms with Gasteiger partial charge in [-0.05, 0) is 43.5 Å². The van der Waals surface area contributed by atoms with E-state index >= 15 is 0 Å². The van der Waals surface area contributed by atoms with Crippen molar-refractivity contribution in [1.82, 2.24) is 16.0 Å². The predicted molar refractivity (Wildman–Crippen MR) is 84.8 cm³/mol. The molecule has 1 aromatic rings. The zero-order valence-corrected chi connectivity index (χ0v) is 12.9. The summed E-state index contributed by atoms with van der Waals surface area (Å²) < 4.78 is 0. The Bertz CT molecular complexity index is 606. The number of hydrogen-bond acceptors (Lipinski definition) is 4. The summed E-state index contributed by atoms with van der Waals surface area (Å²) in [4.78, 5) is 34.9.